The molecule has 0 unspecified atom stereocenters. The number of amides is 1. The molecule has 0 bridgehead atoms. The Hall–Kier alpha value is -1.40. The number of carbonyl (C=O) groups excluding carboxylic acids is 1. The molecule has 1 aromatic heterocycles. The van der Waals surface area contributed by atoms with Gasteiger partial charge >= 0.3 is 0 Å². The number of aryl methyl sites for hydroxylation is 1. The van der Waals surface area contributed by atoms with Crippen molar-refractivity contribution in [3.05, 3.63) is 45.3 Å². The maximum atomic E-state index is 12.9. The van der Waals surface area contributed by atoms with Gasteiger partial charge in [0, 0.05) is 29.0 Å². The smallest absolute Gasteiger partial charge is 0.264 e. The van der Waals surface area contributed by atoms with E-state index in [-0.39, 0.29) is 11.9 Å². The van der Waals surface area contributed by atoms with E-state index in [4.69, 9.17) is 17.3 Å². The molecule has 0 spiro atoms. The lowest BCUT2D eigenvalue weighted by molar-refractivity contribution is 0.0795. The zero-order valence-electron chi connectivity index (χ0n) is 16.6. The summed E-state index contributed by atoms with van der Waals surface area (Å²) in [6.07, 6.45) is 3.20. The van der Waals surface area contributed by atoms with Crippen LogP contribution in [0.15, 0.2) is 24.3 Å². The highest BCUT2D eigenvalue weighted by Crippen LogP contribution is 2.38. The summed E-state index contributed by atoms with van der Waals surface area (Å²) in [7, 11) is 2.18. The Morgan fingerprint density at radius 3 is 2.57 bits per heavy atom. The third kappa shape index (κ3) is 3.99. The van der Waals surface area contributed by atoms with Gasteiger partial charge in [-0.05, 0) is 81.1 Å². The fraction of sp³-hybridized carbons (Fsp3) is 0.500. The van der Waals surface area contributed by atoms with Crippen LogP contribution in [0, 0.1) is 6.92 Å². The third-order valence-electron chi connectivity index (χ3n) is 6.07. The highest BCUT2D eigenvalue weighted by Gasteiger charge is 2.27. The van der Waals surface area contributed by atoms with Gasteiger partial charge in [0.1, 0.15) is 0 Å². The predicted molar refractivity (Wildman–Crippen MR) is 117 cm³/mol. The Morgan fingerprint density at radius 1 is 1.18 bits per heavy atom. The Balaban J connectivity index is 1.55. The molecule has 3 heterocycles. The SMILES string of the molecule is Cc1cc(-c2ccc(C3CCN(C)CC3)c(Cl)c2)sc1C(=O)N1CC[C@H](N)C1. The van der Waals surface area contributed by atoms with E-state index in [1.165, 1.54) is 5.56 Å². The summed E-state index contributed by atoms with van der Waals surface area (Å²) in [6.45, 7) is 5.67. The number of piperidine rings is 1. The van der Waals surface area contributed by atoms with E-state index in [1.807, 2.05) is 11.8 Å². The van der Waals surface area contributed by atoms with Gasteiger partial charge < -0.3 is 15.5 Å². The largest absolute Gasteiger partial charge is 0.336 e. The van der Waals surface area contributed by atoms with Crippen LogP contribution >= 0.6 is 22.9 Å². The lowest BCUT2D eigenvalue weighted by Crippen LogP contribution is -2.31. The summed E-state index contributed by atoms with van der Waals surface area (Å²) in [5, 5.41) is 0.844. The van der Waals surface area contributed by atoms with Crippen LogP contribution in [0.25, 0.3) is 10.4 Å². The monoisotopic (exact) mass is 417 g/mol. The van der Waals surface area contributed by atoms with E-state index in [0.717, 1.165) is 64.8 Å². The number of nitrogens with zero attached hydrogens (tertiary/aromatic N) is 2. The van der Waals surface area contributed by atoms with Crippen LogP contribution in [0.3, 0.4) is 0 Å². The van der Waals surface area contributed by atoms with E-state index >= 15 is 0 Å². The maximum absolute atomic E-state index is 12.9. The summed E-state index contributed by atoms with van der Waals surface area (Å²) in [5.41, 5.74) is 9.34. The first-order chi connectivity index (χ1) is 13.4. The molecule has 2 aromatic rings. The Kier molecular flexibility index (Phi) is 5.79. The second kappa shape index (κ2) is 8.15. The van der Waals surface area contributed by atoms with Crippen molar-refractivity contribution in [1.82, 2.24) is 9.80 Å². The molecular weight excluding hydrogens is 390 g/mol. The number of rotatable bonds is 3. The number of benzene rings is 1. The molecule has 0 saturated carbocycles. The zero-order chi connectivity index (χ0) is 19.8. The topological polar surface area (TPSA) is 49.6 Å². The fourth-order valence-electron chi connectivity index (χ4n) is 4.28. The minimum atomic E-state index is 0.106. The van der Waals surface area contributed by atoms with Crippen LogP contribution in [-0.4, -0.2) is 55.0 Å². The Morgan fingerprint density at radius 2 is 1.93 bits per heavy atom. The second-order valence-electron chi connectivity index (χ2n) is 8.24. The van der Waals surface area contributed by atoms with E-state index in [0.29, 0.717) is 12.5 Å². The quantitative estimate of drug-likeness (QED) is 0.807. The molecule has 0 radical (unpaired) electrons. The summed E-state index contributed by atoms with van der Waals surface area (Å²) < 4.78 is 0. The molecule has 2 N–H and O–H groups in total. The molecule has 0 aliphatic carbocycles. The number of likely N-dealkylation sites (tertiary alicyclic amines) is 2. The Bertz CT molecular complexity index is 873. The van der Waals surface area contributed by atoms with Gasteiger partial charge in [0.2, 0.25) is 0 Å². The third-order valence-corrected chi connectivity index (χ3v) is 7.67. The minimum absolute atomic E-state index is 0.106. The first kappa shape index (κ1) is 19.9. The normalized spacial score (nSPS) is 21.4. The molecule has 4 nitrogen and oxygen atoms in total. The number of carbonyl (C=O) groups is 1. The van der Waals surface area contributed by atoms with Crippen LogP contribution in [0.2, 0.25) is 5.02 Å². The van der Waals surface area contributed by atoms with Crippen molar-refractivity contribution in [3.8, 4) is 10.4 Å². The Labute approximate surface area is 176 Å². The molecular formula is C22H28ClN3OS. The molecule has 1 atom stereocenters. The van der Waals surface area contributed by atoms with Gasteiger partial charge in [0.25, 0.3) is 5.91 Å². The lowest BCUT2D eigenvalue weighted by Gasteiger charge is -2.29. The average Bonchev–Trinajstić information content (AvgIpc) is 3.28. The molecule has 2 aliphatic heterocycles. The molecule has 28 heavy (non-hydrogen) atoms. The maximum Gasteiger partial charge on any atom is 0.264 e. The number of halogens is 1. The van der Waals surface area contributed by atoms with Gasteiger partial charge in [-0.15, -0.1) is 11.3 Å². The van der Waals surface area contributed by atoms with Gasteiger partial charge in [0.05, 0.1) is 4.88 Å². The minimum Gasteiger partial charge on any atom is -0.336 e. The van der Waals surface area contributed by atoms with E-state index in [9.17, 15) is 4.79 Å². The van der Waals surface area contributed by atoms with Gasteiger partial charge in [-0.1, -0.05) is 23.7 Å². The molecule has 1 aromatic carbocycles. The molecule has 150 valence electrons. The average molecular weight is 418 g/mol. The lowest BCUT2D eigenvalue weighted by atomic mass is 9.89. The number of hydrogen-bond acceptors (Lipinski definition) is 4. The van der Waals surface area contributed by atoms with Gasteiger partial charge in [-0.3, -0.25) is 4.79 Å². The van der Waals surface area contributed by atoms with Crippen LogP contribution in [0.1, 0.15) is 46.0 Å². The van der Waals surface area contributed by atoms with Gasteiger partial charge in [-0.2, -0.15) is 0 Å². The highest BCUT2D eigenvalue weighted by molar-refractivity contribution is 7.17. The van der Waals surface area contributed by atoms with Crippen molar-refractivity contribution in [2.24, 2.45) is 5.73 Å². The number of hydrogen-bond donors (Lipinski definition) is 1. The second-order valence-corrected chi connectivity index (χ2v) is 9.70. The van der Waals surface area contributed by atoms with E-state index in [1.54, 1.807) is 11.3 Å². The highest BCUT2D eigenvalue weighted by atomic mass is 35.5. The van der Waals surface area contributed by atoms with Crippen molar-refractivity contribution in [2.45, 2.75) is 38.1 Å². The van der Waals surface area contributed by atoms with Crippen LogP contribution in [-0.2, 0) is 0 Å². The molecule has 2 fully saturated rings. The summed E-state index contributed by atoms with van der Waals surface area (Å²) in [6, 6.07) is 8.62. The number of nitrogens with two attached hydrogens (primary N) is 1. The first-order valence-electron chi connectivity index (χ1n) is 10.1. The molecule has 4 rings (SSSR count). The first-order valence-corrected chi connectivity index (χ1v) is 11.3. The van der Waals surface area contributed by atoms with E-state index in [2.05, 4.69) is 36.2 Å². The summed E-state index contributed by atoms with van der Waals surface area (Å²) in [5.74, 6) is 0.648. The zero-order valence-corrected chi connectivity index (χ0v) is 18.2. The molecule has 1 amide bonds. The molecule has 2 saturated heterocycles. The van der Waals surface area contributed by atoms with Crippen LogP contribution < -0.4 is 5.73 Å². The van der Waals surface area contributed by atoms with Gasteiger partial charge in [0.15, 0.2) is 0 Å². The predicted octanol–water partition coefficient (Wildman–Crippen LogP) is 4.36. The molecule has 6 heteroatoms. The van der Waals surface area contributed by atoms with Crippen LogP contribution in [0.5, 0.6) is 0 Å². The van der Waals surface area contributed by atoms with Gasteiger partial charge in [-0.25, -0.2) is 0 Å². The van der Waals surface area contributed by atoms with E-state index < -0.39 is 0 Å². The summed E-state index contributed by atoms with van der Waals surface area (Å²) >= 11 is 8.24. The van der Waals surface area contributed by atoms with Crippen molar-refractivity contribution >= 4 is 28.8 Å². The van der Waals surface area contributed by atoms with Crippen molar-refractivity contribution in [1.29, 1.82) is 0 Å². The van der Waals surface area contributed by atoms with Crippen molar-refractivity contribution < 1.29 is 4.79 Å². The number of thiophene rings is 1. The standard InChI is InChI=1S/C22H28ClN3OS/c1-14-11-20(28-21(14)22(27)26-10-7-17(24)13-26)16-3-4-18(19(23)12-16)15-5-8-25(2)9-6-15/h3-4,11-12,15,17H,5-10,13,24H2,1-2H3/t17-/m0/s1. The van der Waals surface area contributed by atoms with Crippen molar-refractivity contribution in [2.75, 3.05) is 33.2 Å². The van der Waals surface area contributed by atoms with Crippen LogP contribution in [0.4, 0.5) is 0 Å². The summed E-state index contributed by atoms with van der Waals surface area (Å²) in [4.78, 5) is 19.0. The fourth-order valence-corrected chi connectivity index (χ4v) is 5.75. The molecule has 2 aliphatic rings. The van der Waals surface area contributed by atoms with Crippen molar-refractivity contribution in [3.63, 3.8) is 0 Å².